The van der Waals surface area contributed by atoms with Gasteiger partial charge in [-0.2, -0.15) is 0 Å². The van der Waals surface area contributed by atoms with Crippen molar-refractivity contribution in [2.45, 2.75) is 32.6 Å². The van der Waals surface area contributed by atoms with Gasteiger partial charge in [0.15, 0.2) is 5.69 Å². The van der Waals surface area contributed by atoms with Gasteiger partial charge in [-0.25, -0.2) is 17.8 Å². The van der Waals surface area contributed by atoms with Crippen LogP contribution in [-0.4, -0.2) is 29.3 Å². The Balaban J connectivity index is 1.92. The second kappa shape index (κ2) is 6.96. The maximum atomic E-state index is 12.9. The van der Waals surface area contributed by atoms with E-state index in [2.05, 4.69) is 15.0 Å². The number of amides is 1. The molecule has 0 saturated heterocycles. The Bertz CT molecular complexity index is 1090. The number of hydrogen-bond donors (Lipinski definition) is 1. The molecule has 0 radical (unpaired) electrons. The van der Waals surface area contributed by atoms with Crippen molar-refractivity contribution in [2.75, 3.05) is 0 Å². The maximum absolute atomic E-state index is 12.9. The first-order valence-corrected chi connectivity index (χ1v) is 9.81. The number of nitrogens with zero attached hydrogens (tertiary/aromatic N) is 3. The summed E-state index contributed by atoms with van der Waals surface area (Å²) in [6.45, 7) is 7.14. The molecule has 1 heterocycles. The van der Waals surface area contributed by atoms with Crippen LogP contribution in [0.4, 0.5) is 0 Å². The third-order valence-electron chi connectivity index (χ3n) is 4.54. The van der Waals surface area contributed by atoms with E-state index in [0.29, 0.717) is 16.8 Å². The van der Waals surface area contributed by atoms with Gasteiger partial charge in [0.05, 0.1) is 16.8 Å². The van der Waals surface area contributed by atoms with Gasteiger partial charge in [0.2, 0.25) is 0 Å². The number of carbonyl (C=O) groups excluding carboxylic acids is 1. The van der Waals surface area contributed by atoms with E-state index in [1.54, 1.807) is 26.0 Å². The number of carbonyl (C=O) groups is 1. The van der Waals surface area contributed by atoms with Gasteiger partial charge in [0.1, 0.15) is 0 Å². The lowest BCUT2D eigenvalue weighted by molar-refractivity contribution is 0.0976. The number of sulfonamides is 1. The highest BCUT2D eigenvalue weighted by Gasteiger charge is 2.26. The van der Waals surface area contributed by atoms with Crippen LogP contribution in [0.25, 0.3) is 5.69 Å². The lowest BCUT2D eigenvalue weighted by Crippen LogP contribution is -2.32. The summed E-state index contributed by atoms with van der Waals surface area (Å²) in [6, 6.07) is 11.0. The molecule has 0 spiro atoms. The summed E-state index contributed by atoms with van der Waals surface area (Å²) in [7, 11) is -4.05. The van der Waals surface area contributed by atoms with Gasteiger partial charge in [-0.05, 0) is 62.1 Å². The van der Waals surface area contributed by atoms with Crippen molar-refractivity contribution in [2.24, 2.45) is 0 Å². The van der Waals surface area contributed by atoms with Crippen molar-refractivity contribution in [1.82, 2.24) is 19.7 Å². The summed E-state index contributed by atoms with van der Waals surface area (Å²) >= 11 is 0. The standard InChI is InChI=1S/C19H20N4O3S/c1-12-10-13(2)15(4)18(14(12)3)27(25,26)21-19(24)17-11-23(22-20-17)16-8-6-5-7-9-16/h5-11H,1-4H3,(H,21,24). The molecular weight excluding hydrogens is 364 g/mol. The fourth-order valence-electron chi connectivity index (χ4n) is 2.88. The highest BCUT2D eigenvalue weighted by molar-refractivity contribution is 7.90. The molecule has 0 bridgehead atoms. The molecule has 140 valence electrons. The molecule has 0 unspecified atom stereocenters. The second-order valence-electron chi connectivity index (χ2n) is 6.41. The van der Waals surface area contributed by atoms with Crippen molar-refractivity contribution in [1.29, 1.82) is 0 Å². The second-order valence-corrected chi connectivity index (χ2v) is 8.03. The summed E-state index contributed by atoms with van der Waals surface area (Å²) in [5.74, 6) is -0.824. The van der Waals surface area contributed by atoms with E-state index in [1.807, 2.05) is 38.1 Å². The molecule has 3 rings (SSSR count). The topological polar surface area (TPSA) is 94.0 Å². The number of rotatable bonds is 4. The third kappa shape index (κ3) is 3.61. The molecule has 2 aromatic carbocycles. The normalized spacial score (nSPS) is 11.4. The lowest BCUT2D eigenvalue weighted by Gasteiger charge is -2.15. The van der Waals surface area contributed by atoms with Gasteiger partial charge >= 0.3 is 0 Å². The molecule has 0 aliphatic heterocycles. The van der Waals surface area contributed by atoms with E-state index in [4.69, 9.17) is 0 Å². The Hall–Kier alpha value is -3.00. The Labute approximate surface area is 158 Å². The molecule has 0 saturated carbocycles. The van der Waals surface area contributed by atoms with E-state index in [9.17, 15) is 13.2 Å². The molecule has 3 aromatic rings. The van der Waals surface area contributed by atoms with Gasteiger partial charge in [-0.1, -0.05) is 29.5 Å². The Morgan fingerprint density at radius 3 is 2.19 bits per heavy atom. The molecule has 0 aliphatic carbocycles. The highest BCUT2D eigenvalue weighted by atomic mass is 32.2. The lowest BCUT2D eigenvalue weighted by atomic mass is 10.0. The van der Waals surface area contributed by atoms with Crippen LogP contribution in [0.3, 0.4) is 0 Å². The summed E-state index contributed by atoms with van der Waals surface area (Å²) in [6.07, 6.45) is 1.39. The number of benzene rings is 2. The summed E-state index contributed by atoms with van der Waals surface area (Å²) in [4.78, 5) is 12.6. The first-order chi connectivity index (χ1) is 12.7. The van der Waals surface area contributed by atoms with Crippen molar-refractivity contribution in [3.63, 3.8) is 0 Å². The number of hydrogen-bond acceptors (Lipinski definition) is 5. The van der Waals surface area contributed by atoms with Crippen LogP contribution in [0.15, 0.2) is 47.5 Å². The van der Waals surface area contributed by atoms with Gasteiger partial charge in [0, 0.05) is 0 Å². The SMILES string of the molecule is Cc1cc(C)c(C)c(S(=O)(=O)NC(=O)c2cn(-c3ccccc3)nn2)c1C. The number of aromatic nitrogens is 3. The third-order valence-corrected chi connectivity index (χ3v) is 6.14. The van der Waals surface area contributed by atoms with Crippen LogP contribution >= 0.6 is 0 Å². The van der Waals surface area contributed by atoms with Crippen molar-refractivity contribution >= 4 is 15.9 Å². The number of aryl methyl sites for hydroxylation is 2. The predicted molar refractivity (Wildman–Crippen MR) is 101 cm³/mol. The van der Waals surface area contributed by atoms with E-state index in [-0.39, 0.29) is 10.6 Å². The zero-order valence-corrected chi connectivity index (χ0v) is 16.3. The molecule has 1 amide bonds. The largest absolute Gasteiger partial charge is 0.287 e. The molecular formula is C19H20N4O3S. The minimum atomic E-state index is -4.05. The van der Waals surface area contributed by atoms with Crippen LogP contribution in [-0.2, 0) is 10.0 Å². The van der Waals surface area contributed by atoms with E-state index < -0.39 is 15.9 Å². The summed E-state index contributed by atoms with van der Waals surface area (Å²) in [5.41, 5.74) is 3.56. The van der Waals surface area contributed by atoms with Gasteiger partial charge in [-0.15, -0.1) is 5.10 Å². The summed E-state index contributed by atoms with van der Waals surface area (Å²) < 4.78 is 29.2. The average Bonchev–Trinajstić information content (AvgIpc) is 3.11. The van der Waals surface area contributed by atoms with Gasteiger partial charge < -0.3 is 0 Å². The molecule has 7 nitrogen and oxygen atoms in total. The smallest absolute Gasteiger partial charge is 0.266 e. The number of para-hydroxylation sites is 1. The van der Waals surface area contributed by atoms with Crippen LogP contribution < -0.4 is 4.72 Å². The van der Waals surface area contributed by atoms with Crippen molar-refractivity contribution < 1.29 is 13.2 Å². The minimum absolute atomic E-state index is 0.0814. The summed E-state index contributed by atoms with van der Waals surface area (Å²) in [5, 5.41) is 7.67. The first-order valence-electron chi connectivity index (χ1n) is 8.33. The zero-order chi connectivity index (χ0) is 19.8. The fraction of sp³-hybridized carbons (Fsp3) is 0.211. The van der Waals surface area contributed by atoms with Crippen LogP contribution in [0.5, 0.6) is 0 Å². The fourth-order valence-corrected chi connectivity index (χ4v) is 4.46. The molecule has 0 aliphatic rings. The zero-order valence-electron chi connectivity index (χ0n) is 15.5. The first kappa shape index (κ1) is 18.8. The van der Waals surface area contributed by atoms with E-state index >= 15 is 0 Å². The quantitative estimate of drug-likeness (QED) is 0.746. The molecule has 8 heteroatoms. The Morgan fingerprint density at radius 1 is 1.00 bits per heavy atom. The monoisotopic (exact) mass is 384 g/mol. The number of nitrogens with one attached hydrogen (secondary N) is 1. The Kier molecular flexibility index (Phi) is 4.84. The van der Waals surface area contributed by atoms with Gasteiger partial charge in [0.25, 0.3) is 15.9 Å². The van der Waals surface area contributed by atoms with E-state index in [1.165, 1.54) is 10.9 Å². The average molecular weight is 384 g/mol. The van der Waals surface area contributed by atoms with Crippen molar-refractivity contribution in [3.8, 4) is 5.69 Å². The van der Waals surface area contributed by atoms with E-state index in [0.717, 1.165) is 11.1 Å². The molecule has 0 atom stereocenters. The molecule has 1 N–H and O–H groups in total. The van der Waals surface area contributed by atoms with Crippen molar-refractivity contribution in [3.05, 3.63) is 70.5 Å². The molecule has 27 heavy (non-hydrogen) atoms. The van der Waals surface area contributed by atoms with Crippen LogP contribution in [0, 0.1) is 27.7 Å². The maximum Gasteiger partial charge on any atom is 0.287 e. The van der Waals surface area contributed by atoms with Crippen LogP contribution in [0.2, 0.25) is 0 Å². The Morgan fingerprint density at radius 2 is 1.59 bits per heavy atom. The minimum Gasteiger partial charge on any atom is -0.266 e. The van der Waals surface area contributed by atoms with Crippen LogP contribution in [0.1, 0.15) is 32.7 Å². The predicted octanol–water partition coefficient (Wildman–Crippen LogP) is 2.62. The molecule has 1 aromatic heterocycles. The van der Waals surface area contributed by atoms with Gasteiger partial charge in [-0.3, -0.25) is 4.79 Å². The highest BCUT2D eigenvalue weighted by Crippen LogP contribution is 2.26. The molecule has 0 fully saturated rings.